The van der Waals surface area contributed by atoms with Gasteiger partial charge in [0.1, 0.15) is 22.9 Å². The Morgan fingerprint density at radius 1 is 0.974 bits per heavy atom. The second-order valence-corrected chi connectivity index (χ2v) is 9.73. The number of fused-ring (bicyclic) bond motifs is 1. The summed E-state index contributed by atoms with van der Waals surface area (Å²) in [6.07, 6.45) is -7.48. The lowest BCUT2D eigenvalue weighted by Crippen LogP contribution is -2.29. The number of rotatable bonds is 8. The summed E-state index contributed by atoms with van der Waals surface area (Å²) in [5, 5.41) is 0.0560. The SMILES string of the molecule is O=C(c1ccc(F)c(NS(=O)(=O)CC(F)C(F)F)c1F)c1c[nH]c2ncc(-c3cnc(C(F)(F)F)nc3)cc12. The van der Waals surface area contributed by atoms with Gasteiger partial charge in [-0.3, -0.25) is 9.52 Å². The molecule has 2 N–H and O–H groups in total. The van der Waals surface area contributed by atoms with Crippen LogP contribution < -0.4 is 4.72 Å². The molecule has 8 nitrogen and oxygen atoms in total. The van der Waals surface area contributed by atoms with E-state index in [4.69, 9.17) is 0 Å². The highest BCUT2D eigenvalue weighted by Crippen LogP contribution is 2.31. The Kier molecular flexibility index (Phi) is 7.29. The van der Waals surface area contributed by atoms with E-state index in [2.05, 4.69) is 19.9 Å². The lowest BCUT2D eigenvalue weighted by molar-refractivity contribution is -0.145. The number of hydrogen-bond acceptors (Lipinski definition) is 6. The first-order valence-corrected chi connectivity index (χ1v) is 12.2. The summed E-state index contributed by atoms with van der Waals surface area (Å²) in [5.74, 6) is -7.49. The van der Waals surface area contributed by atoms with Crippen molar-refractivity contribution in [1.82, 2.24) is 19.9 Å². The largest absolute Gasteiger partial charge is 0.451 e. The number of carbonyl (C=O) groups is 1. The number of aromatic nitrogens is 4. The second kappa shape index (κ2) is 10.2. The third kappa shape index (κ3) is 5.81. The minimum Gasteiger partial charge on any atom is -0.345 e. The van der Waals surface area contributed by atoms with Gasteiger partial charge in [0.25, 0.3) is 6.43 Å². The minimum atomic E-state index is -5.00. The van der Waals surface area contributed by atoms with Crippen LogP contribution >= 0.6 is 0 Å². The van der Waals surface area contributed by atoms with Crippen LogP contribution in [0, 0.1) is 11.6 Å². The monoisotopic (exact) mass is 579 g/mol. The zero-order valence-electron chi connectivity index (χ0n) is 18.9. The third-order valence-corrected chi connectivity index (χ3v) is 6.53. The lowest BCUT2D eigenvalue weighted by atomic mass is 10.0. The van der Waals surface area contributed by atoms with Crippen LogP contribution in [0.3, 0.4) is 0 Å². The van der Waals surface area contributed by atoms with Crippen LogP contribution in [0.4, 0.5) is 40.8 Å². The number of H-pyrrole nitrogens is 1. The Labute approximate surface area is 213 Å². The molecule has 206 valence electrons. The number of anilines is 1. The van der Waals surface area contributed by atoms with Gasteiger partial charge in [0.15, 0.2) is 17.8 Å². The molecule has 39 heavy (non-hydrogen) atoms. The highest BCUT2D eigenvalue weighted by atomic mass is 32.2. The fourth-order valence-corrected chi connectivity index (χ4v) is 4.56. The number of hydrogen-bond donors (Lipinski definition) is 2. The van der Waals surface area contributed by atoms with Gasteiger partial charge < -0.3 is 4.98 Å². The first kappa shape index (κ1) is 27.9. The van der Waals surface area contributed by atoms with Gasteiger partial charge in [0.05, 0.1) is 5.56 Å². The summed E-state index contributed by atoms with van der Waals surface area (Å²) in [6, 6.07) is 2.54. The second-order valence-electron chi connectivity index (χ2n) is 7.96. The van der Waals surface area contributed by atoms with Gasteiger partial charge in [-0.15, -0.1) is 0 Å². The molecule has 4 aromatic rings. The minimum absolute atomic E-state index is 0.0560. The summed E-state index contributed by atoms with van der Waals surface area (Å²) in [6.45, 7) is 0. The van der Waals surface area contributed by atoms with Crippen molar-refractivity contribution in [2.75, 3.05) is 10.5 Å². The highest BCUT2D eigenvalue weighted by molar-refractivity contribution is 7.92. The molecule has 0 aliphatic heterocycles. The molecule has 3 heterocycles. The van der Waals surface area contributed by atoms with Crippen molar-refractivity contribution in [3.8, 4) is 11.1 Å². The predicted octanol–water partition coefficient (Wildman–Crippen LogP) is 4.89. The zero-order valence-corrected chi connectivity index (χ0v) is 19.7. The maximum Gasteiger partial charge on any atom is 0.451 e. The third-order valence-electron chi connectivity index (χ3n) is 5.26. The summed E-state index contributed by atoms with van der Waals surface area (Å²) < 4.78 is 131. The summed E-state index contributed by atoms with van der Waals surface area (Å²) >= 11 is 0. The van der Waals surface area contributed by atoms with E-state index in [1.807, 2.05) is 0 Å². The number of sulfonamides is 1. The van der Waals surface area contributed by atoms with Gasteiger partial charge in [-0.25, -0.2) is 45.3 Å². The van der Waals surface area contributed by atoms with E-state index in [0.717, 1.165) is 18.6 Å². The number of ketones is 1. The molecule has 1 unspecified atom stereocenters. The van der Waals surface area contributed by atoms with Crippen molar-refractivity contribution in [3.63, 3.8) is 0 Å². The number of aromatic amines is 1. The Bertz CT molecular complexity index is 1660. The van der Waals surface area contributed by atoms with E-state index in [0.29, 0.717) is 12.1 Å². The number of carbonyl (C=O) groups excluding carboxylic acids is 1. The molecule has 1 atom stereocenters. The van der Waals surface area contributed by atoms with Gasteiger partial charge >= 0.3 is 6.18 Å². The maximum absolute atomic E-state index is 15.1. The molecule has 0 saturated carbocycles. The van der Waals surface area contributed by atoms with E-state index in [9.17, 15) is 43.9 Å². The first-order valence-electron chi connectivity index (χ1n) is 10.5. The molecule has 0 aliphatic rings. The summed E-state index contributed by atoms with van der Waals surface area (Å²) in [4.78, 5) is 26.3. The van der Waals surface area contributed by atoms with E-state index >= 15 is 4.39 Å². The normalized spacial score (nSPS) is 13.2. The van der Waals surface area contributed by atoms with Crippen LogP contribution in [-0.2, 0) is 16.2 Å². The fourth-order valence-electron chi connectivity index (χ4n) is 3.42. The molecular weight excluding hydrogens is 566 g/mol. The average Bonchev–Trinajstić information content (AvgIpc) is 3.29. The van der Waals surface area contributed by atoms with Crippen molar-refractivity contribution in [2.24, 2.45) is 0 Å². The molecule has 0 aliphatic carbocycles. The van der Waals surface area contributed by atoms with Crippen LogP contribution in [0.25, 0.3) is 22.2 Å². The van der Waals surface area contributed by atoms with Crippen LogP contribution in [-0.4, -0.2) is 52.5 Å². The standard InChI is InChI=1S/C22H13F8N5O3S/c23-14-2-1-11(16(25)17(14)35-39(37,38)8-15(24)19(26)27)18(36)13-7-32-20-12(13)3-9(4-31-20)10-5-33-21(34-6-10)22(28,29)30/h1-7,15,19,35H,8H2,(H,31,32). The van der Waals surface area contributed by atoms with Gasteiger partial charge in [0, 0.05) is 46.9 Å². The average molecular weight is 579 g/mol. The number of halogens is 8. The molecule has 0 saturated heterocycles. The molecule has 17 heteroatoms. The van der Waals surface area contributed by atoms with E-state index in [1.165, 1.54) is 17.0 Å². The Morgan fingerprint density at radius 2 is 1.62 bits per heavy atom. The molecule has 3 aromatic heterocycles. The van der Waals surface area contributed by atoms with Crippen LogP contribution in [0.5, 0.6) is 0 Å². The number of nitrogens with zero attached hydrogens (tertiary/aromatic N) is 3. The molecule has 0 spiro atoms. The van der Waals surface area contributed by atoms with Crippen molar-refractivity contribution in [1.29, 1.82) is 0 Å². The van der Waals surface area contributed by atoms with Crippen molar-refractivity contribution in [2.45, 2.75) is 18.8 Å². The number of benzene rings is 1. The summed E-state index contributed by atoms with van der Waals surface area (Å²) in [5.41, 5.74) is -2.10. The zero-order chi connectivity index (χ0) is 28.7. The predicted molar refractivity (Wildman–Crippen MR) is 120 cm³/mol. The lowest BCUT2D eigenvalue weighted by Gasteiger charge is -2.13. The van der Waals surface area contributed by atoms with Crippen LogP contribution in [0.2, 0.25) is 0 Å². The number of nitrogens with one attached hydrogen (secondary N) is 2. The Hall–Kier alpha value is -4.15. The van der Waals surface area contributed by atoms with Gasteiger partial charge in [-0.05, 0) is 18.2 Å². The van der Waals surface area contributed by atoms with Gasteiger partial charge in [-0.2, -0.15) is 13.2 Å². The summed E-state index contributed by atoms with van der Waals surface area (Å²) in [7, 11) is -5.00. The topological polar surface area (TPSA) is 118 Å². The first-order chi connectivity index (χ1) is 18.2. The van der Waals surface area contributed by atoms with Crippen molar-refractivity contribution in [3.05, 3.63) is 71.6 Å². The highest BCUT2D eigenvalue weighted by Gasteiger charge is 2.34. The van der Waals surface area contributed by atoms with Crippen molar-refractivity contribution >= 4 is 32.5 Å². The van der Waals surface area contributed by atoms with Crippen LogP contribution in [0.15, 0.2) is 43.0 Å². The maximum atomic E-state index is 15.1. The Balaban J connectivity index is 1.69. The van der Waals surface area contributed by atoms with Gasteiger partial charge in [-0.1, -0.05) is 0 Å². The van der Waals surface area contributed by atoms with E-state index in [1.54, 1.807) is 0 Å². The molecule has 1 aromatic carbocycles. The molecule has 4 rings (SSSR count). The van der Waals surface area contributed by atoms with Gasteiger partial charge in [0.2, 0.25) is 15.8 Å². The number of alkyl halides is 6. The van der Waals surface area contributed by atoms with Crippen LogP contribution in [0.1, 0.15) is 21.7 Å². The molecule has 0 radical (unpaired) electrons. The molecule has 0 bridgehead atoms. The van der Waals surface area contributed by atoms with Crippen molar-refractivity contribution < 1.29 is 48.3 Å². The quantitative estimate of drug-likeness (QED) is 0.227. The molecular formula is C22H13F8N5O3S. The van der Waals surface area contributed by atoms with E-state index in [-0.39, 0.29) is 27.7 Å². The molecule has 0 fully saturated rings. The smallest absolute Gasteiger partial charge is 0.345 e. The fraction of sp³-hybridized carbons (Fsp3) is 0.182. The molecule has 0 amide bonds. The van der Waals surface area contributed by atoms with E-state index < -0.39 is 69.0 Å². The number of pyridine rings is 1. The Morgan fingerprint density at radius 3 is 2.23 bits per heavy atom.